The molecule has 2 amide bonds. The van der Waals surface area contributed by atoms with E-state index in [1.807, 2.05) is 13.8 Å². The SMILES string of the molecule is CC[C@H](C)NC(=O)[C@@H](C)N(Cc1ccc(F)cc1)C(=O)CN(c1ccc(Cl)cc1)S(=O)(=O)c1ccc(OC)c(OC)c1. The number of benzene rings is 3. The maximum Gasteiger partial charge on any atom is 0.264 e. The minimum atomic E-state index is -4.34. The molecule has 0 aliphatic carbocycles. The van der Waals surface area contributed by atoms with Gasteiger partial charge in [-0.1, -0.05) is 30.7 Å². The normalized spacial score (nSPS) is 12.6. The van der Waals surface area contributed by atoms with Gasteiger partial charge in [-0.15, -0.1) is 0 Å². The van der Waals surface area contributed by atoms with Gasteiger partial charge in [0.15, 0.2) is 11.5 Å². The summed E-state index contributed by atoms with van der Waals surface area (Å²) in [5.41, 5.74) is 0.745. The molecule has 0 fully saturated rings. The van der Waals surface area contributed by atoms with E-state index in [1.165, 1.54) is 85.8 Å². The Hall–Kier alpha value is -3.83. The van der Waals surface area contributed by atoms with Gasteiger partial charge in [-0.3, -0.25) is 13.9 Å². The van der Waals surface area contributed by atoms with E-state index in [0.29, 0.717) is 22.8 Å². The second-order valence-corrected chi connectivity index (χ2v) is 11.9. The first-order chi connectivity index (χ1) is 19.9. The van der Waals surface area contributed by atoms with Crippen molar-refractivity contribution in [1.82, 2.24) is 10.2 Å². The van der Waals surface area contributed by atoms with Crippen molar-refractivity contribution in [2.45, 2.75) is 50.7 Å². The summed E-state index contributed by atoms with van der Waals surface area (Å²) in [4.78, 5) is 28.2. The number of methoxy groups -OCH3 is 2. The van der Waals surface area contributed by atoms with Crippen LogP contribution in [0.4, 0.5) is 10.1 Å². The first-order valence-corrected chi connectivity index (χ1v) is 15.1. The van der Waals surface area contributed by atoms with Gasteiger partial charge in [0.05, 0.1) is 24.8 Å². The zero-order valence-electron chi connectivity index (χ0n) is 24.1. The van der Waals surface area contributed by atoms with Gasteiger partial charge in [0.25, 0.3) is 10.0 Å². The zero-order chi connectivity index (χ0) is 31.0. The molecule has 226 valence electrons. The maximum absolute atomic E-state index is 14.0. The van der Waals surface area contributed by atoms with E-state index in [4.69, 9.17) is 21.1 Å². The molecule has 0 saturated carbocycles. The van der Waals surface area contributed by atoms with E-state index in [1.54, 1.807) is 6.92 Å². The Morgan fingerprint density at radius 2 is 1.57 bits per heavy atom. The summed E-state index contributed by atoms with van der Waals surface area (Å²) in [5.74, 6) is -0.980. The number of sulfonamides is 1. The second kappa shape index (κ2) is 14.4. The van der Waals surface area contributed by atoms with Crippen LogP contribution in [-0.4, -0.2) is 58.0 Å². The average molecular weight is 620 g/mol. The molecule has 2 atom stereocenters. The van der Waals surface area contributed by atoms with Gasteiger partial charge in [-0.05, 0) is 74.4 Å². The van der Waals surface area contributed by atoms with Gasteiger partial charge in [-0.2, -0.15) is 0 Å². The number of anilines is 1. The molecule has 3 rings (SSSR count). The number of amides is 2. The van der Waals surface area contributed by atoms with Crippen molar-refractivity contribution in [3.05, 3.63) is 83.1 Å². The summed E-state index contributed by atoms with van der Waals surface area (Å²) in [5, 5.41) is 3.24. The lowest BCUT2D eigenvalue weighted by Crippen LogP contribution is -2.52. The Labute approximate surface area is 251 Å². The molecular weight excluding hydrogens is 585 g/mol. The summed E-state index contributed by atoms with van der Waals surface area (Å²) < 4.78 is 53.1. The zero-order valence-corrected chi connectivity index (χ0v) is 25.7. The molecule has 0 spiro atoms. The van der Waals surface area contributed by atoms with Gasteiger partial charge < -0.3 is 19.7 Å². The molecule has 12 heteroatoms. The lowest BCUT2D eigenvalue weighted by molar-refractivity contribution is -0.139. The molecular formula is C30H35ClFN3O6S. The fourth-order valence-electron chi connectivity index (χ4n) is 4.07. The van der Waals surface area contributed by atoms with Crippen molar-refractivity contribution in [2.24, 2.45) is 0 Å². The van der Waals surface area contributed by atoms with Crippen LogP contribution in [0.5, 0.6) is 11.5 Å². The molecule has 9 nitrogen and oxygen atoms in total. The Balaban J connectivity index is 2.06. The highest BCUT2D eigenvalue weighted by molar-refractivity contribution is 7.92. The first-order valence-electron chi connectivity index (χ1n) is 13.3. The minimum absolute atomic E-state index is 0.0565. The number of halogens is 2. The van der Waals surface area contributed by atoms with Crippen LogP contribution in [0.2, 0.25) is 5.02 Å². The van der Waals surface area contributed by atoms with Crippen molar-refractivity contribution in [3.8, 4) is 11.5 Å². The van der Waals surface area contributed by atoms with Crippen molar-refractivity contribution in [1.29, 1.82) is 0 Å². The molecule has 0 radical (unpaired) electrons. The number of carbonyl (C=O) groups is 2. The molecule has 0 saturated heterocycles. The van der Waals surface area contributed by atoms with E-state index in [2.05, 4.69) is 5.32 Å². The predicted molar refractivity (Wildman–Crippen MR) is 160 cm³/mol. The minimum Gasteiger partial charge on any atom is -0.493 e. The van der Waals surface area contributed by atoms with Crippen LogP contribution in [-0.2, 0) is 26.2 Å². The number of hydrogen-bond donors (Lipinski definition) is 1. The maximum atomic E-state index is 14.0. The second-order valence-electron chi connectivity index (χ2n) is 9.65. The molecule has 0 heterocycles. The standard InChI is InChI=1S/C30H35ClFN3O6S/c1-6-20(2)33-30(37)21(3)34(18-22-7-11-24(32)12-8-22)29(36)19-35(25-13-9-23(31)10-14-25)42(38,39)26-15-16-27(40-4)28(17-26)41-5/h7-17,20-21H,6,18-19H2,1-5H3,(H,33,37)/t20-,21+/m0/s1. The summed E-state index contributed by atoms with van der Waals surface area (Å²) in [6.45, 7) is 4.63. The molecule has 0 aliphatic heterocycles. The largest absolute Gasteiger partial charge is 0.493 e. The average Bonchev–Trinajstić information content (AvgIpc) is 2.98. The topological polar surface area (TPSA) is 105 Å². The molecule has 1 N–H and O–H groups in total. The number of ether oxygens (including phenoxy) is 2. The molecule has 3 aromatic carbocycles. The van der Waals surface area contributed by atoms with Crippen LogP contribution in [0, 0.1) is 5.82 Å². The Morgan fingerprint density at radius 3 is 2.14 bits per heavy atom. The van der Waals surface area contributed by atoms with E-state index in [0.717, 1.165) is 4.31 Å². The Morgan fingerprint density at radius 1 is 0.952 bits per heavy atom. The smallest absolute Gasteiger partial charge is 0.264 e. The summed E-state index contributed by atoms with van der Waals surface area (Å²) >= 11 is 6.06. The molecule has 42 heavy (non-hydrogen) atoms. The molecule has 0 unspecified atom stereocenters. The highest BCUT2D eigenvalue weighted by Gasteiger charge is 2.33. The van der Waals surface area contributed by atoms with Gasteiger partial charge in [0, 0.05) is 23.7 Å². The van der Waals surface area contributed by atoms with Gasteiger partial charge in [0.2, 0.25) is 11.8 Å². The van der Waals surface area contributed by atoms with Crippen LogP contribution in [0.15, 0.2) is 71.6 Å². The number of nitrogens with zero attached hydrogens (tertiary/aromatic N) is 2. The van der Waals surface area contributed by atoms with Crippen molar-refractivity contribution >= 4 is 39.1 Å². The van der Waals surface area contributed by atoms with Gasteiger partial charge in [-0.25, -0.2) is 12.8 Å². The summed E-state index contributed by atoms with van der Waals surface area (Å²) in [6.07, 6.45) is 0.679. The molecule has 3 aromatic rings. The van der Waals surface area contributed by atoms with Crippen molar-refractivity contribution in [2.75, 3.05) is 25.1 Å². The highest BCUT2D eigenvalue weighted by Crippen LogP contribution is 2.32. The third-order valence-corrected chi connectivity index (χ3v) is 8.79. The monoisotopic (exact) mass is 619 g/mol. The van der Waals surface area contributed by atoms with Crippen LogP contribution in [0.3, 0.4) is 0 Å². The predicted octanol–water partition coefficient (Wildman–Crippen LogP) is 5.02. The van der Waals surface area contributed by atoms with E-state index < -0.39 is 40.2 Å². The van der Waals surface area contributed by atoms with Gasteiger partial charge in [0.1, 0.15) is 18.4 Å². The van der Waals surface area contributed by atoms with Crippen LogP contribution < -0.4 is 19.1 Å². The number of carbonyl (C=O) groups excluding carboxylic acids is 2. The van der Waals surface area contributed by atoms with Crippen LogP contribution in [0.1, 0.15) is 32.8 Å². The number of hydrogen-bond acceptors (Lipinski definition) is 6. The van der Waals surface area contributed by atoms with Crippen molar-refractivity contribution in [3.63, 3.8) is 0 Å². The Bertz CT molecular complexity index is 1490. The Kier molecular flexibility index (Phi) is 11.2. The number of rotatable bonds is 13. The summed E-state index contributed by atoms with van der Waals surface area (Å²) in [6, 6.07) is 14.5. The number of nitrogens with one attached hydrogen (secondary N) is 1. The van der Waals surface area contributed by atoms with Crippen molar-refractivity contribution < 1.29 is 31.9 Å². The first kappa shape index (κ1) is 32.7. The summed E-state index contributed by atoms with van der Waals surface area (Å²) in [7, 11) is -1.53. The lowest BCUT2D eigenvalue weighted by atomic mass is 10.1. The van der Waals surface area contributed by atoms with E-state index >= 15 is 0 Å². The van der Waals surface area contributed by atoms with Crippen LogP contribution in [0.25, 0.3) is 0 Å². The third kappa shape index (κ3) is 7.92. The lowest BCUT2D eigenvalue weighted by Gasteiger charge is -2.32. The van der Waals surface area contributed by atoms with Crippen LogP contribution >= 0.6 is 11.6 Å². The van der Waals surface area contributed by atoms with E-state index in [-0.39, 0.29) is 28.9 Å². The van der Waals surface area contributed by atoms with Gasteiger partial charge >= 0.3 is 0 Å². The molecule has 0 aromatic heterocycles. The molecule has 0 aliphatic rings. The fraction of sp³-hybridized carbons (Fsp3) is 0.333. The molecule has 0 bridgehead atoms. The fourth-order valence-corrected chi connectivity index (χ4v) is 5.63. The quantitative estimate of drug-likeness (QED) is 0.288. The van der Waals surface area contributed by atoms with E-state index in [9.17, 15) is 22.4 Å². The highest BCUT2D eigenvalue weighted by atomic mass is 35.5. The third-order valence-electron chi connectivity index (χ3n) is 6.77.